The molecule has 1 aromatic heterocycles. The van der Waals surface area contributed by atoms with Crippen molar-refractivity contribution in [2.75, 3.05) is 0 Å². The number of aromatic nitrogens is 1. The maximum absolute atomic E-state index is 11.5. The Labute approximate surface area is 109 Å². The van der Waals surface area contributed by atoms with Gasteiger partial charge in [-0.05, 0) is 25.1 Å². The van der Waals surface area contributed by atoms with Crippen molar-refractivity contribution in [2.24, 2.45) is 0 Å². The predicted molar refractivity (Wildman–Crippen MR) is 68.5 cm³/mol. The fraction of sp³-hybridized carbons (Fsp3) is 0.0714. The minimum absolute atomic E-state index is 0.298. The van der Waals surface area contributed by atoms with Crippen molar-refractivity contribution in [1.29, 1.82) is 5.26 Å². The van der Waals surface area contributed by atoms with Crippen molar-refractivity contribution in [3.8, 4) is 11.8 Å². The minimum Gasteiger partial charge on any atom is -0.477 e. The van der Waals surface area contributed by atoms with E-state index < -0.39 is 11.4 Å². The molecule has 1 aromatic carbocycles. The third kappa shape index (κ3) is 2.38. The summed E-state index contributed by atoms with van der Waals surface area (Å²) in [6, 6.07) is 10.0. The highest BCUT2D eigenvalue weighted by atomic mass is 16.4. The van der Waals surface area contributed by atoms with Gasteiger partial charge in [0.15, 0.2) is 5.43 Å². The van der Waals surface area contributed by atoms with Crippen LogP contribution in [0.2, 0.25) is 0 Å². The molecule has 5 nitrogen and oxygen atoms in total. The number of pyridine rings is 1. The maximum atomic E-state index is 11.5. The SMILES string of the molecule is Cc1cc(=O)c(C(=O)O)cn1-c1cccc(C#N)c1. The lowest BCUT2D eigenvalue weighted by molar-refractivity contribution is 0.0695. The molecule has 2 rings (SSSR count). The van der Waals surface area contributed by atoms with E-state index in [1.807, 2.05) is 6.07 Å². The zero-order valence-electron chi connectivity index (χ0n) is 10.1. The van der Waals surface area contributed by atoms with Gasteiger partial charge in [-0.15, -0.1) is 0 Å². The summed E-state index contributed by atoms with van der Waals surface area (Å²) in [6.45, 7) is 1.70. The molecule has 94 valence electrons. The third-order valence-corrected chi connectivity index (χ3v) is 2.73. The van der Waals surface area contributed by atoms with Crippen LogP contribution >= 0.6 is 0 Å². The lowest BCUT2D eigenvalue weighted by atomic mass is 10.2. The van der Waals surface area contributed by atoms with Gasteiger partial charge in [-0.25, -0.2) is 4.79 Å². The molecule has 0 unspecified atom stereocenters. The van der Waals surface area contributed by atoms with Crippen LogP contribution in [0.5, 0.6) is 0 Å². The number of rotatable bonds is 2. The minimum atomic E-state index is -1.27. The van der Waals surface area contributed by atoms with Gasteiger partial charge in [0.2, 0.25) is 0 Å². The quantitative estimate of drug-likeness (QED) is 0.884. The van der Waals surface area contributed by atoms with Crippen LogP contribution in [-0.4, -0.2) is 15.6 Å². The molecule has 0 aliphatic carbocycles. The highest BCUT2D eigenvalue weighted by molar-refractivity contribution is 5.87. The Bertz CT molecular complexity index is 754. The Morgan fingerprint density at radius 2 is 2.11 bits per heavy atom. The first-order valence-corrected chi connectivity index (χ1v) is 5.50. The molecule has 1 heterocycles. The molecule has 0 aliphatic rings. The summed E-state index contributed by atoms with van der Waals surface area (Å²) in [5.74, 6) is -1.27. The fourth-order valence-corrected chi connectivity index (χ4v) is 1.80. The van der Waals surface area contributed by atoms with Crippen molar-refractivity contribution in [2.45, 2.75) is 6.92 Å². The van der Waals surface area contributed by atoms with Crippen LogP contribution < -0.4 is 5.43 Å². The van der Waals surface area contributed by atoms with Crippen molar-refractivity contribution in [3.63, 3.8) is 0 Å². The Morgan fingerprint density at radius 3 is 2.74 bits per heavy atom. The highest BCUT2D eigenvalue weighted by Gasteiger charge is 2.11. The van der Waals surface area contributed by atoms with Crippen molar-refractivity contribution in [1.82, 2.24) is 4.57 Å². The second kappa shape index (κ2) is 4.78. The largest absolute Gasteiger partial charge is 0.477 e. The van der Waals surface area contributed by atoms with Crippen molar-refractivity contribution < 1.29 is 9.90 Å². The zero-order chi connectivity index (χ0) is 14.0. The first-order valence-electron chi connectivity index (χ1n) is 5.50. The van der Waals surface area contributed by atoms with Gasteiger partial charge in [0.25, 0.3) is 0 Å². The Hall–Kier alpha value is -2.87. The van der Waals surface area contributed by atoms with Crippen LogP contribution in [0.3, 0.4) is 0 Å². The summed E-state index contributed by atoms with van der Waals surface area (Å²) >= 11 is 0. The highest BCUT2D eigenvalue weighted by Crippen LogP contribution is 2.13. The van der Waals surface area contributed by atoms with Crippen LogP contribution in [0.1, 0.15) is 21.6 Å². The molecule has 0 aliphatic heterocycles. The molecule has 19 heavy (non-hydrogen) atoms. The van der Waals surface area contributed by atoms with Gasteiger partial charge >= 0.3 is 5.97 Å². The first kappa shape index (κ1) is 12.6. The number of hydrogen-bond acceptors (Lipinski definition) is 3. The van der Waals surface area contributed by atoms with Gasteiger partial charge in [0.1, 0.15) is 5.56 Å². The molecule has 0 bridgehead atoms. The number of benzene rings is 1. The molecular formula is C14H10N2O3. The first-order chi connectivity index (χ1) is 9.02. The summed E-state index contributed by atoms with van der Waals surface area (Å²) in [5.41, 5.74) is 0.877. The standard InChI is InChI=1S/C14H10N2O3/c1-9-5-13(17)12(14(18)19)8-16(9)11-4-2-3-10(6-11)7-15/h2-6,8H,1H3,(H,18,19). The van der Waals surface area contributed by atoms with Gasteiger partial charge in [0.05, 0.1) is 11.6 Å². The normalized spacial score (nSPS) is 9.89. The number of hydrogen-bond donors (Lipinski definition) is 1. The van der Waals surface area contributed by atoms with E-state index in [-0.39, 0.29) is 5.56 Å². The van der Waals surface area contributed by atoms with Crippen molar-refractivity contribution >= 4 is 5.97 Å². The summed E-state index contributed by atoms with van der Waals surface area (Å²) in [7, 11) is 0. The van der Waals surface area contributed by atoms with E-state index in [9.17, 15) is 9.59 Å². The lowest BCUT2D eigenvalue weighted by Gasteiger charge is -2.11. The van der Waals surface area contributed by atoms with E-state index in [4.69, 9.17) is 10.4 Å². The van der Waals surface area contributed by atoms with Gasteiger partial charge in [-0.3, -0.25) is 4.79 Å². The van der Waals surface area contributed by atoms with Gasteiger partial charge in [0, 0.05) is 23.6 Å². The van der Waals surface area contributed by atoms with Gasteiger partial charge in [-0.2, -0.15) is 5.26 Å². The summed E-state index contributed by atoms with van der Waals surface area (Å²) in [5, 5.41) is 17.8. The number of carboxylic acid groups (broad SMARTS) is 1. The molecule has 2 aromatic rings. The topological polar surface area (TPSA) is 83.1 Å². The molecular weight excluding hydrogens is 244 g/mol. The maximum Gasteiger partial charge on any atom is 0.341 e. The Balaban J connectivity index is 2.68. The number of aromatic carboxylic acids is 1. The van der Waals surface area contributed by atoms with E-state index in [0.29, 0.717) is 16.9 Å². The third-order valence-electron chi connectivity index (χ3n) is 2.73. The molecule has 0 atom stereocenters. The van der Waals surface area contributed by atoms with Gasteiger partial charge < -0.3 is 9.67 Å². The number of carbonyl (C=O) groups is 1. The van der Waals surface area contributed by atoms with Gasteiger partial charge in [-0.1, -0.05) is 6.07 Å². The average molecular weight is 254 g/mol. The monoisotopic (exact) mass is 254 g/mol. The molecule has 0 spiro atoms. The number of nitriles is 1. The van der Waals surface area contributed by atoms with Crippen LogP contribution in [0, 0.1) is 18.3 Å². The van der Waals surface area contributed by atoms with E-state index in [2.05, 4.69) is 0 Å². The summed E-state index contributed by atoms with van der Waals surface area (Å²) in [4.78, 5) is 22.5. The zero-order valence-corrected chi connectivity index (χ0v) is 10.1. The van der Waals surface area contributed by atoms with Crippen LogP contribution in [0.15, 0.2) is 41.3 Å². The number of carboxylic acids is 1. The lowest BCUT2D eigenvalue weighted by Crippen LogP contribution is -2.18. The second-order valence-corrected chi connectivity index (χ2v) is 4.03. The van der Waals surface area contributed by atoms with E-state index in [0.717, 1.165) is 0 Å². The molecule has 0 saturated carbocycles. The summed E-state index contributed by atoms with van der Waals surface area (Å²) < 4.78 is 1.58. The van der Waals surface area contributed by atoms with Crippen LogP contribution in [0.25, 0.3) is 5.69 Å². The van der Waals surface area contributed by atoms with Crippen molar-refractivity contribution in [3.05, 3.63) is 63.6 Å². The van der Waals surface area contributed by atoms with E-state index in [1.165, 1.54) is 12.3 Å². The number of nitrogens with zero attached hydrogens (tertiary/aromatic N) is 2. The fourth-order valence-electron chi connectivity index (χ4n) is 1.80. The average Bonchev–Trinajstić information content (AvgIpc) is 2.38. The van der Waals surface area contributed by atoms with E-state index in [1.54, 1.807) is 35.8 Å². The Morgan fingerprint density at radius 1 is 1.37 bits per heavy atom. The molecule has 0 amide bonds. The van der Waals surface area contributed by atoms with Crippen LogP contribution in [-0.2, 0) is 0 Å². The van der Waals surface area contributed by atoms with E-state index >= 15 is 0 Å². The molecule has 0 saturated heterocycles. The second-order valence-electron chi connectivity index (χ2n) is 4.03. The molecule has 1 N–H and O–H groups in total. The summed E-state index contributed by atoms with van der Waals surface area (Å²) in [6.07, 6.45) is 1.27. The number of aryl methyl sites for hydroxylation is 1. The molecule has 0 fully saturated rings. The predicted octanol–water partition coefficient (Wildman–Crippen LogP) is 1.72. The molecule has 5 heteroatoms. The van der Waals surface area contributed by atoms with Crippen LogP contribution in [0.4, 0.5) is 0 Å². The Kier molecular flexibility index (Phi) is 3.17. The molecule has 0 radical (unpaired) electrons. The smallest absolute Gasteiger partial charge is 0.341 e.